The number of aliphatic imine (C=N–C) groups is 2. The Morgan fingerprint density at radius 2 is 1.97 bits per heavy atom. The summed E-state index contributed by atoms with van der Waals surface area (Å²) in [6.07, 6.45) is 6.56. The van der Waals surface area contributed by atoms with Crippen molar-refractivity contribution >= 4 is 34.4 Å². The molecule has 0 saturated carbocycles. The summed E-state index contributed by atoms with van der Waals surface area (Å²) >= 11 is 0. The summed E-state index contributed by atoms with van der Waals surface area (Å²) in [7, 11) is -3.17. The van der Waals surface area contributed by atoms with E-state index in [4.69, 9.17) is 5.84 Å². The monoisotopic (exact) mass is 426 g/mol. The van der Waals surface area contributed by atoms with Crippen LogP contribution in [0.5, 0.6) is 0 Å². The second-order valence-electron chi connectivity index (χ2n) is 7.75. The van der Waals surface area contributed by atoms with Crippen LogP contribution in [0.15, 0.2) is 57.1 Å². The highest BCUT2D eigenvalue weighted by atomic mass is 32.2. The van der Waals surface area contributed by atoms with Crippen molar-refractivity contribution in [3.63, 3.8) is 0 Å². The molecule has 1 aromatic carbocycles. The number of hydrazine groups is 1. The van der Waals surface area contributed by atoms with Gasteiger partial charge in [0.05, 0.1) is 16.3 Å². The lowest BCUT2D eigenvalue weighted by Gasteiger charge is -2.34. The van der Waals surface area contributed by atoms with Gasteiger partial charge in [-0.3, -0.25) is 14.9 Å². The van der Waals surface area contributed by atoms with Gasteiger partial charge in [0.15, 0.2) is 9.84 Å². The number of nitrogens with one attached hydrogen (secondary N) is 1. The first-order chi connectivity index (χ1) is 14.4. The SMILES string of the molecule is C=N/C(=C1/c2cc[nH]c2N=CN1N)C1CCN(Cc2ccc(S(C)(=O)=O)cc2)CC1. The zero-order valence-corrected chi connectivity index (χ0v) is 17.8. The Balaban J connectivity index is 1.45. The lowest BCUT2D eigenvalue weighted by molar-refractivity contribution is 0.190. The Bertz CT molecular complexity index is 1090. The number of rotatable bonds is 5. The highest BCUT2D eigenvalue weighted by Crippen LogP contribution is 2.37. The molecule has 30 heavy (non-hydrogen) atoms. The average molecular weight is 427 g/mol. The molecule has 0 amide bonds. The van der Waals surface area contributed by atoms with Crippen LogP contribution >= 0.6 is 0 Å². The molecule has 1 aromatic heterocycles. The van der Waals surface area contributed by atoms with Crippen LogP contribution in [0.1, 0.15) is 24.0 Å². The number of benzene rings is 1. The van der Waals surface area contributed by atoms with E-state index < -0.39 is 9.84 Å². The lowest BCUT2D eigenvalue weighted by atomic mass is 9.90. The molecule has 1 saturated heterocycles. The number of nitrogens with zero attached hydrogens (tertiary/aromatic N) is 4. The van der Waals surface area contributed by atoms with Crippen molar-refractivity contribution in [2.45, 2.75) is 24.3 Å². The van der Waals surface area contributed by atoms with Crippen LogP contribution in [-0.2, 0) is 16.4 Å². The van der Waals surface area contributed by atoms with Gasteiger partial charge in [-0.15, -0.1) is 0 Å². The molecule has 2 aromatic rings. The molecule has 8 nitrogen and oxygen atoms in total. The van der Waals surface area contributed by atoms with Gasteiger partial charge in [0, 0.05) is 30.5 Å². The summed E-state index contributed by atoms with van der Waals surface area (Å²) < 4.78 is 23.2. The van der Waals surface area contributed by atoms with Crippen molar-refractivity contribution in [1.82, 2.24) is 14.9 Å². The Labute approximate surface area is 176 Å². The maximum atomic E-state index is 11.6. The number of H-pyrrole nitrogens is 1. The van der Waals surface area contributed by atoms with Gasteiger partial charge in [0.1, 0.15) is 12.2 Å². The van der Waals surface area contributed by atoms with Crippen molar-refractivity contribution in [2.24, 2.45) is 21.7 Å². The number of allylic oxidation sites excluding steroid dienone is 1. The average Bonchev–Trinajstić information content (AvgIpc) is 3.20. The number of piperidine rings is 1. The third-order valence-electron chi connectivity index (χ3n) is 5.69. The minimum absolute atomic E-state index is 0.265. The molecule has 2 aliphatic rings. The molecular formula is C21H26N6O2S. The highest BCUT2D eigenvalue weighted by molar-refractivity contribution is 7.90. The molecule has 3 heterocycles. The Morgan fingerprint density at radius 3 is 2.60 bits per heavy atom. The maximum Gasteiger partial charge on any atom is 0.175 e. The van der Waals surface area contributed by atoms with Gasteiger partial charge in [-0.25, -0.2) is 19.3 Å². The van der Waals surface area contributed by atoms with Crippen LogP contribution in [0, 0.1) is 5.92 Å². The molecule has 1 fully saturated rings. The molecule has 0 bridgehead atoms. The van der Waals surface area contributed by atoms with E-state index in [1.807, 2.05) is 24.4 Å². The number of hydrogen-bond donors (Lipinski definition) is 2. The Morgan fingerprint density at radius 1 is 1.27 bits per heavy atom. The quantitative estimate of drug-likeness (QED) is 0.564. The summed E-state index contributed by atoms with van der Waals surface area (Å²) in [6, 6.07) is 9.10. The molecule has 0 atom stereocenters. The first kappa shape index (κ1) is 20.5. The van der Waals surface area contributed by atoms with Crippen LogP contribution in [-0.4, -0.2) is 55.7 Å². The van der Waals surface area contributed by atoms with E-state index in [2.05, 4.69) is 26.6 Å². The summed E-state index contributed by atoms with van der Waals surface area (Å²) in [6.45, 7) is 6.44. The van der Waals surface area contributed by atoms with Crippen LogP contribution in [0.2, 0.25) is 0 Å². The molecule has 0 aliphatic carbocycles. The predicted molar refractivity (Wildman–Crippen MR) is 119 cm³/mol. The Kier molecular flexibility index (Phi) is 5.59. The summed E-state index contributed by atoms with van der Waals surface area (Å²) in [5, 5.41) is 1.52. The minimum atomic E-state index is -3.17. The lowest BCUT2D eigenvalue weighted by Crippen LogP contribution is -2.36. The third-order valence-corrected chi connectivity index (χ3v) is 6.82. The molecule has 2 aliphatic heterocycles. The van der Waals surface area contributed by atoms with Gasteiger partial charge in [-0.05, 0) is 56.4 Å². The van der Waals surface area contributed by atoms with E-state index in [0.717, 1.165) is 60.8 Å². The first-order valence-corrected chi connectivity index (χ1v) is 11.7. The normalized spacial score (nSPS) is 19.6. The number of hydrogen-bond acceptors (Lipinski definition) is 7. The van der Waals surface area contributed by atoms with E-state index in [1.165, 1.54) is 11.3 Å². The number of aromatic nitrogens is 1. The van der Waals surface area contributed by atoms with E-state index >= 15 is 0 Å². The van der Waals surface area contributed by atoms with Crippen molar-refractivity contribution in [3.05, 3.63) is 53.4 Å². The fourth-order valence-electron chi connectivity index (χ4n) is 4.11. The number of aromatic amines is 1. The standard InChI is InChI=1S/C21H26N6O2S/c1-23-19(20-18-7-10-24-21(18)25-14-27(20)22)16-8-11-26(12-9-16)13-15-3-5-17(6-4-15)30(2,28)29/h3-7,10,14,16,24H,1,8-9,11-13,22H2,2H3/b20-19-. The molecule has 9 heteroatoms. The van der Waals surface area contributed by atoms with Gasteiger partial charge in [-0.2, -0.15) is 0 Å². The molecule has 158 valence electrons. The molecule has 0 unspecified atom stereocenters. The minimum Gasteiger partial charge on any atom is -0.346 e. The van der Waals surface area contributed by atoms with Crippen molar-refractivity contribution in [3.8, 4) is 0 Å². The molecule has 4 rings (SSSR count). The molecule has 3 N–H and O–H groups in total. The van der Waals surface area contributed by atoms with E-state index in [9.17, 15) is 8.42 Å². The first-order valence-electron chi connectivity index (χ1n) is 9.85. The maximum absolute atomic E-state index is 11.6. The highest BCUT2D eigenvalue weighted by Gasteiger charge is 2.28. The topological polar surface area (TPSA) is 107 Å². The fraction of sp³-hybridized carbons (Fsp3) is 0.333. The van der Waals surface area contributed by atoms with E-state index in [0.29, 0.717) is 4.90 Å². The molecule has 0 radical (unpaired) electrons. The second-order valence-corrected chi connectivity index (χ2v) is 9.77. The van der Waals surface area contributed by atoms with Gasteiger partial charge in [0.2, 0.25) is 0 Å². The fourth-order valence-corrected chi connectivity index (χ4v) is 4.74. The predicted octanol–water partition coefficient (Wildman–Crippen LogP) is 2.55. The van der Waals surface area contributed by atoms with Crippen molar-refractivity contribution in [2.75, 3.05) is 19.3 Å². The van der Waals surface area contributed by atoms with Crippen LogP contribution < -0.4 is 5.84 Å². The number of sulfone groups is 1. The van der Waals surface area contributed by atoms with Crippen molar-refractivity contribution < 1.29 is 8.42 Å². The molecule has 0 spiro atoms. The third kappa shape index (κ3) is 4.09. The van der Waals surface area contributed by atoms with Crippen LogP contribution in [0.4, 0.5) is 5.82 Å². The van der Waals surface area contributed by atoms with Gasteiger partial charge in [0.25, 0.3) is 0 Å². The van der Waals surface area contributed by atoms with Crippen LogP contribution in [0.3, 0.4) is 0 Å². The van der Waals surface area contributed by atoms with Crippen molar-refractivity contribution in [1.29, 1.82) is 0 Å². The summed E-state index contributed by atoms with van der Waals surface area (Å²) in [5.74, 6) is 7.23. The number of fused-ring (bicyclic) bond motifs is 1. The number of nitrogens with two attached hydrogens (primary N) is 1. The van der Waals surface area contributed by atoms with E-state index in [-0.39, 0.29) is 5.92 Å². The zero-order valence-electron chi connectivity index (χ0n) is 17.0. The number of likely N-dealkylation sites (tertiary alicyclic amines) is 1. The summed E-state index contributed by atoms with van der Waals surface area (Å²) in [5.41, 5.74) is 3.80. The van der Waals surface area contributed by atoms with Gasteiger partial charge < -0.3 is 4.98 Å². The zero-order chi connectivity index (χ0) is 21.3. The summed E-state index contributed by atoms with van der Waals surface area (Å²) in [4.78, 5) is 14.5. The van der Waals surface area contributed by atoms with E-state index in [1.54, 1.807) is 18.5 Å². The Hall–Kier alpha value is -2.75. The van der Waals surface area contributed by atoms with Gasteiger partial charge in [-0.1, -0.05) is 12.1 Å². The largest absolute Gasteiger partial charge is 0.346 e. The second kappa shape index (κ2) is 8.17. The van der Waals surface area contributed by atoms with Gasteiger partial charge >= 0.3 is 0 Å². The smallest absolute Gasteiger partial charge is 0.175 e. The molecular weight excluding hydrogens is 400 g/mol. The van der Waals surface area contributed by atoms with Crippen LogP contribution in [0.25, 0.3) is 5.70 Å².